The predicted octanol–water partition coefficient (Wildman–Crippen LogP) is -3.35. The first-order valence-corrected chi connectivity index (χ1v) is 9.18. The van der Waals surface area contributed by atoms with E-state index in [1.165, 1.54) is 6.92 Å². The molecule has 0 aliphatic rings. The van der Waals surface area contributed by atoms with Crippen LogP contribution in [-0.4, -0.2) is 87.1 Å². The molecule has 168 valence electrons. The maximum Gasteiger partial charge on any atom is 0.328 e. The molecule has 0 aromatic heterocycles. The first-order valence-electron chi connectivity index (χ1n) is 9.18. The normalized spacial score (nSPS) is 17.4. The number of rotatable bonds is 12. The average molecular weight is 420 g/mol. The van der Waals surface area contributed by atoms with Crippen LogP contribution in [0.3, 0.4) is 0 Å². The highest BCUT2D eigenvalue weighted by molar-refractivity contribution is 5.94. The fourth-order valence-corrected chi connectivity index (χ4v) is 2.38. The first kappa shape index (κ1) is 26.7. The Morgan fingerprint density at radius 1 is 0.828 bits per heavy atom. The van der Waals surface area contributed by atoms with Crippen molar-refractivity contribution in [3.63, 3.8) is 0 Å². The molecule has 0 aliphatic carbocycles. The summed E-state index contributed by atoms with van der Waals surface area (Å²) in [6.45, 7) is 5.23. The minimum Gasteiger partial charge on any atom is -0.480 e. The average Bonchev–Trinajstić information content (AvgIpc) is 2.59. The van der Waals surface area contributed by atoms with E-state index in [0.717, 1.165) is 6.92 Å². The molecule has 0 aromatic carbocycles. The van der Waals surface area contributed by atoms with Gasteiger partial charge in [-0.25, -0.2) is 4.79 Å². The lowest BCUT2D eigenvalue weighted by atomic mass is 10.0. The summed E-state index contributed by atoms with van der Waals surface area (Å²) in [4.78, 5) is 47.8. The van der Waals surface area contributed by atoms with Crippen molar-refractivity contribution in [2.24, 2.45) is 11.7 Å². The van der Waals surface area contributed by atoms with Gasteiger partial charge in [0.1, 0.15) is 12.1 Å². The Balaban J connectivity index is 5.16. The highest BCUT2D eigenvalue weighted by Gasteiger charge is 2.33. The van der Waals surface area contributed by atoms with E-state index in [-0.39, 0.29) is 5.92 Å². The molecule has 0 heterocycles. The quantitative estimate of drug-likeness (QED) is 0.158. The van der Waals surface area contributed by atoms with Crippen LogP contribution in [0.25, 0.3) is 0 Å². The number of carboxylic acids is 1. The molecule has 0 aliphatic heterocycles. The number of aliphatic hydroxyl groups is 3. The van der Waals surface area contributed by atoms with Gasteiger partial charge in [0.15, 0.2) is 6.04 Å². The summed E-state index contributed by atoms with van der Waals surface area (Å²) in [5, 5.41) is 44.1. The number of nitrogens with two attached hydrogens (primary N) is 1. The summed E-state index contributed by atoms with van der Waals surface area (Å²) >= 11 is 0. The van der Waals surface area contributed by atoms with Gasteiger partial charge in [-0.15, -0.1) is 0 Å². The van der Waals surface area contributed by atoms with Crippen LogP contribution >= 0.6 is 0 Å². The van der Waals surface area contributed by atoms with Crippen molar-refractivity contribution in [3.05, 3.63) is 0 Å². The van der Waals surface area contributed by atoms with Crippen LogP contribution in [-0.2, 0) is 19.2 Å². The highest BCUT2D eigenvalue weighted by atomic mass is 16.4. The topological polar surface area (TPSA) is 211 Å². The summed E-state index contributed by atoms with van der Waals surface area (Å²) in [6, 6.07) is -5.61. The number of nitrogens with one attached hydrogen (secondary N) is 3. The Morgan fingerprint density at radius 2 is 1.31 bits per heavy atom. The second-order valence-electron chi connectivity index (χ2n) is 7.27. The van der Waals surface area contributed by atoms with E-state index in [1.54, 1.807) is 0 Å². The molecule has 0 bridgehead atoms. The van der Waals surface area contributed by atoms with Gasteiger partial charge < -0.3 is 42.1 Å². The standard InChI is InChI=1S/C17H32N4O8/c1-7(2)5-10(18)14(25)19-11(6-22)15(26)20-12(8(3)23)16(27)21-13(9(4)24)17(28)29/h7-13,22-24H,5-6,18H2,1-4H3,(H,19,25)(H,20,26)(H,21,27)(H,28,29). The zero-order valence-electron chi connectivity index (χ0n) is 17.0. The zero-order chi connectivity index (χ0) is 22.9. The molecule has 0 saturated heterocycles. The van der Waals surface area contributed by atoms with E-state index in [4.69, 9.17) is 10.8 Å². The second kappa shape index (κ2) is 12.3. The Hall–Kier alpha value is -2.28. The van der Waals surface area contributed by atoms with Gasteiger partial charge in [0.2, 0.25) is 17.7 Å². The molecule has 0 aromatic rings. The molecule has 0 saturated carbocycles. The minimum atomic E-state index is -1.66. The van der Waals surface area contributed by atoms with Crippen molar-refractivity contribution in [2.75, 3.05) is 6.61 Å². The summed E-state index contributed by atoms with van der Waals surface area (Å²) in [5.41, 5.74) is 5.72. The molecule has 12 heteroatoms. The van der Waals surface area contributed by atoms with E-state index >= 15 is 0 Å². The molecule has 6 unspecified atom stereocenters. The van der Waals surface area contributed by atoms with Crippen LogP contribution < -0.4 is 21.7 Å². The Kier molecular flexibility index (Phi) is 11.3. The van der Waals surface area contributed by atoms with Crippen molar-refractivity contribution < 1.29 is 39.6 Å². The van der Waals surface area contributed by atoms with E-state index < -0.39 is 66.7 Å². The van der Waals surface area contributed by atoms with Crippen LogP contribution in [0.5, 0.6) is 0 Å². The van der Waals surface area contributed by atoms with Gasteiger partial charge >= 0.3 is 5.97 Å². The Bertz CT molecular complexity index is 582. The van der Waals surface area contributed by atoms with E-state index in [1.807, 2.05) is 19.2 Å². The van der Waals surface area contributed by atoms with Gasteiger partial charge in [-0.05, 0) is 26.2 Å². The Morgan fingerprint density at radius 3 is 1.69 bits per heavy atom. The van der Waals surface area contributed by atoms with Gasteiger partial charge in [-0.3, -0.25) is 14.4 Å². The monoisotopic (exact) mass is 420 g/mol. The third-order valence-electron chi connectivity index (χ3n) is 3.99. The van der Waals surface area contributed by atoms with Gasteiger partial charge in [0.25, 0.3) is 0 Å². The fraction of sp³-hybridized carbons (Fsp3) is 0.765. The number of carbonyl (C=O) groups excluding carboxylic acids is 3. The van der Waals surface area contributed by atoms with Crippen LogP contribution in [0.1, 0.15) is 34.1 Å². The smallest absolute Gasteiger partial charge is 0.328 e. The van der Waals surface area contributed by atoms with Gasteiger partial charge in [-0.2, -0.15) is 0 Å². The maximum absolute atomic E-state index is 12.3. The highest BCUT2D eigenvalue weighted by Crippen LogP contribution is 2.03. The molecule has 9 N–H and O–H groups in total. The number of hydrogen-bond acceptors (Lipinski definition) is 8. The van der Waals surface area contributed by atoms with Crippen molar-refractivity contribution in [1.29, 1.82) is 0 Å². The largest absolute Gasteiger partial charge is 0.480 e. The molecule has 0 radical (unpaired) electrons. The van der Waals surface area contributed by atoms with Crippen molar-refractivity contribution in [1.82, 2.24) is 16.0 Å². The number of carbonyl (C=O) groups is 4. The summed E-state index contributed by atoms with van der Waals surface area (Å²) in [6.07, 6.45) is -2.53. The first-order chi connectivity index (χ1) is 13.3. The van der Waals surface area contributed by atoms with E-state index in [2.05, 4.69) is 10.6 Å². The van der Waals surface area contributed by atoms with Crippen LogP contribution in [0.2, 0.25) is 0 Å². The molecular weight excluding hydrogens is 388 g/mol. The number of carboxylic acid groups (broad SMARTS) is 1. The summed E-state index contributed by atoms with van der Waals surface area (Å²) < 4.78 is 0. The van der Waals surface area contributed by atoms with Gasteiger partial charge in [-0.1, -0.05) is 13.8 Å². The van der Waals surface area contributed by atoms with E-state index in [0.29, 0.717) is 6.42 Å². The van der Waals surface area contributed by atoms with Crippen LogP contribution in [0.15, 0.2) is 0 Å². The number of hydrogen-bond donors (Lipinski definition) is 8. The number of amides is 3. The third kappa shape index (κ3) is 9.17. The number of aliphatic hydroxyl groups excluding tert-OH is 3. The molecule has 0 rings (SSSR count). The molecule has 0 spiro atoms. The third-order valence-corrected chi connectivity index (χ3v) is 3.99. The van der Waals surface area contributed by atoms with Crippen LogP contribution in [0.4, 0.5) is 0 Å². The van der Waals surface area contributed by atoms with Crippen molar-refractivity contribution in [2.45, 2.75) is 70.5 Å². The number of aliphatic carboxylic acids is 1. The van der Waals surface area contributed by atoms with Crippen LogP contribution in [0, 0.1) is 5.92 Å². The predicted molar refractivity (Wildman–Crippen MR) is 101 cm³/mol. The maximum atomic E-state index is 12.3. The van der Waals surface area contributed by atoms with Gasteiger partial charge in [0.05, 0.1) is 24.9 Å². The van der Waals surface area contributed by atoms with Gasteiger partial charge in [0, 0.05) is 0 Å². The Labute approximate surface area is 168 Å². The summed E-state index contributed by atoms with van der Waals surface area (Å²) in [5.74, 6) is -4.12. The molecule has 0 fully saturated rings. The second-order valence-corrected chi connectivity index (χ2v) is 7.27. The fourth-order valence-electron chi connectivity index (χ4n) is 2.38. The SMILES string of the molecule is CC(C)CC(N)C(=O)NC(CO)C(=O)NC(C(=O)NC(C(=O)O)C(C)O)C(C)O. The molecule has 3 amide bonds. The summed E-state index contributed by atoms with van der Waals surface area (Å²) in [7, 11) is 0. The minimum absolute atomic E-state index is 0.122. The molecule has 12 nitrogen and oxygen atoms in total. The molecule has 6 atom stereocenters. The van der Waals surface area contributed by atoms with Crippen molar-refractivity contribution in [3.8, 4) is 0 Å². The zero-order valence-corrected chi connectivity index (χ0v) is 17.0. The lowest BCUT2D eigenvalue weighted by Crippen LogP contribution is -2.61. The molecule has 29 heavy (non-hydrogen) atoms. The van der Waals surface area contributed by atoms with Crippen molar-refractivity contribution >= 4 is 23.7 Å². The lowest BCUT2D eigenvalue weighted by Gasteiger charge is -2.26. The van der Waals surface area contributed by atoms with E-state index in [9.17, 15) is 34.5 Å². The lowest BCUT2D eigenvalue weighted by molar-refractivity contribution is -0.146. The molecular formula is C17H32N4O8.